The van der Waals surface area contributed by atoms with Crippen LogP contribution in [0.25, 0.3) is 0 Å². The van der Waals surface area contributed by atoms with Crippen LogP contribution in [0, 0.1) is 17.2 Å². The van der Waals surface area contributed by atoms with Crippen molar-refractivity contribution in [2.24, 2.45) is 5.92 Å². The number of nitrogens with zero attached hydrogens (tertiary/aromatic N) is 1. The average Bonchev–Trinajstić information content (AvgIpc) is 2.45. The third-order valence-corrected chi connectivity index (χ3v) is 4.19. The topological polar surface area (TPSA) is 33.0 Å². The highest BCUT2D eigenvalue weighted by Gasteiger charge is 2.39. The largest absolute Gasteiger partial charge is 0.493 e. The van der Waals surface area contributed by atoms with Gasteiger partial charge in [0.25, 0.3) is 0 Å². The summed E-state index contributed by atoms with van der Waals surface area (Å²) in [6.07, 6.45) is 4.06. The molecular weight excluding hydrogens is 222 g/mol. The van der Waals surface area contributed by atoms with Gasteiger partial charge in [0.05, 0.1) is 18.1 Å². The molecule has 1 aromatic rings. The fourth-order valence-corrected chi connectivity index (χ4v) is 2.90. The van der Waals surface area contributed by atoms with Gasteiger partial charge in [-0.1, -0.05) is 44.9 Å². The molecule has 1 atom stereocenters. The van der Waals surface area contributed by atoms with E-state index in [9.17, 15) is 5.26 Å². The number of fused-ring (bicyclic) bond motifs is 1. The average molecular weight is 243 g/mol. The van der Waals surface area contributed by atoms with E-state index in [1.807, 2.05) is 18.2 Å². The van der Waals surface area contributed by atoms with Gasteiger partial charge in [-0.25, -0.2) is 0 Å². The molecule has 0 saturated heterocycles. The quantitative estimate of drug-likeness (QED) is 0.799. The summed E-state index contributed by atoms with van der Waals surface area (Å²) in [6, 6.07) is 10.6. The molecule has 18 heavy (non-hydrogen) atoms. The van der Waals surface area contributed by atoms with E-state index in [0.717, 1.165) is 37.0 Å². The van der Waals surface area contributed by atoms with Crippen LogP contribution in [0.2, 0.25) is 0 Å². The van der Waals surface area contributed by atoms with Crippen LogP contribution in [-0.2, 0) is 5.41 Å². The number of hydrogen-bond donors (Lipinski definition) is 0. The van der Waals surface area contributed by atoms with Gasteiger partial charge in [-0.3, -0.25) is 0 Å². The minimum Gasteiger partial charge on any atom is -0.493 e. The maximum atomic E-state index is 9.72. The molecule has 0 aromatic heterocycles. The molecule has 1 aromatic carbocycles. The standard InChI is InChI=1S/C16H21NO/c1-3-13(4-2)11-16(12-17)9-10-18-15-8-6-5-7-14(15)16/h5-8,13H,3-4,9-11H2,1-2H3. The number of para-hydroxylation sites is 1. The van der Waals surface area contributed by atoms with Crippen LogP contribution >= 0.6 is 0 Å². The summed E-state index contributed by atoms with van der Waals surface area (Å²) >= 11 is 0. The third-order valence-electron chi connectivity index (χ3n) is 4.19. The summed E-state index contributed by atoms with van der Waals surface area (Å²) in [5.74, 6) is 1.52. The SMILES string of the molecule is CCC(CC)CC1(C#N)CCOc2ccccc21. The second-order valence-electron chi connectivity index (χ2n) is 5.18. The molecule has 1 unspecified atom stereocenters. The van der Waals surface area contributed by atoms with E-state index >= 15 is 0 Å². The zero-order valence-electron chi connectivity index (χ0n) is 11.3. The first kappa shape index (κ1) is 13.0. The van der Waals surface area contributed by atoms with Crippen molar-refractivity contribution in [1.29, 1.82) is 5.26 Å². The van der Waals surface area contributed by atoms with E-state index in [1.54, 1.807) is 0 Å². The Morgan fingerprint density at radius 3 is 2.72 bits per heavy atom. The number of benzene rings is 1. The van der Waals surface area contributed by atoms with E-state index in [0.29, 0.717) is 12.5 Å². The van der Waals surface area contributed by atoms with Gasteiger partial charge in [-0.2, -0.15) is 5.26 Å². The van der Waals surface area contributed by atoms with Gasteiger partial charge in [-0.05, 0) is 18.4 Å². The van der Waals surface area contributed by atoms with Crippen LogP contribution in [-0.4, -0.2) is 6.61 Å². The number of rotatable bonds is 4. The smallest absolute Gasteiger partial charge is 0.124 e. The first-order valence-electron chi connectivity index (χ1n) is 6.89. The van der Waals surface area contributed by atoms with Crippen LogP contribution in [0.1, 0.15) is 45.1 Å². The summed E-state index contributed by atoms with van der Waals surface area (Å²) in [7, 11) is 0. The minimum absolute atomic E-state index is 0.342. The Kier molecular flexibility index (Phi) is 3.91. The van der Waals surface area contributed by atoms with Crippen molar-refractivity contribution in [3.8, 4) is 11.8 Å². The molecule has 0 radical (unpaired) electrons. The molecule has 96 valence electrons. The first-order chi connectivity index (χ1) is 8.75. The van der Waals surface area contributed by atoms with Crippen molar-refractivity contribution in [2.45, 2.75) is 44.9 Å². The molecule has 0 saturated carbocycles. The Labute approximate surface area is 110 Å². The van der Waals surface area contributed by atoms with Crippen LogP contribution in [0.15, 0.2) is 24.3 Å². The highest BCUT2D eigenvalue weighted by atomic mass is 16.5. The predicted octanol–water partition coefficient (Wildman–Crippen LogP) is 4.06. The van der Waals surface area contributed by atoms with Gasteiger partial charge in [0.15, 0.2) is 0 Å². The van der Waals surface area contributed by atoms with E-state index in [-0.39, 0.29) is 5.41 Å². The lowest BCUT2D eigenvalue weighted by Crippen LogP contribution is -2.33. The monoisotopic (exact) mass is 243 g/mol. The molecule has 2 heteroatoms. The van der Waals surface area contributed by atoms with E-state index in [4.69, 9.17) is 4.74 Å². The minimum atomic E-state index is -0.342. The van der Waals surface area contributed by atoms with Crippen LogP contribution in [0.4, 0.5) is 0 Å². The summed E-state index contributed by atoms with van der Waals surface area (Å²) in [5, 5.41) is 9.72. The van der Waals surface area contributed by atoms with Crippen LogP contribution < -0.4 is 4.74 Å². The van der Waals surface area contributed by atoms with Crippen molar-refractivity contribution in [2.75, 3.05) is 6.61 Å². The molecule has 1 aliphatic rings. The van der Waals surface area contributed by atoms with Crippen molar-refractivity contribution in [1.82, 2.24) is 0 Å². The van der Waals surface area contributed by atoms with Crippen molar-refractivity contribution < 1.29 is 4.74 Å². The fourth-order valence-electron chi connectivity index (χ4n) is 2.90. The second-order valence-corrected chi connectivity index (χ2v) is 5.18. The Hall–Kier alpha value is -1.49. The van der Waals surface area contributed by atoms with Crippen LogP contribution in [0.5, 0.6) is 5.75 Å². The zero-order valence-corrected chi connectivity index (χ0v) is 11.3. The van der Waals surface area contributed by atoms with Crippen molar-refractivity contribution in [3.63, 3.8) is 0 Å². The van der Waals surface area contributed by atoms with Gasteiger partial charge >= 0.3 is 0 Å². The van der Waals surface area contributed by atoms with Crippen LogP contribution in [0.3, 0.4) is 0 Å². The maximum Gasteiger partial charge on any atom is 0.124 e. The first-order valence-corrected chi connectivity index (χ1v) is 6.89. The molecule has 0 fully saturated rings. The Balaban J connectivity index is 2.37. The predicted molar refractivity (Wildman–Crippen MR) is 72.5 cm³/mol. The van der Waals surface area contributed by atoms with E-state index in [1.165, 1.54) is 0 Å². The van der Waals surface area contributed by atoms with Crippen molar-refractivity contribution in [3.05, 3.63) is 29.8 Å². The van der Waals surface area contributed by atoms with Gasteiger partial charge in [0, 0.05) is 12.0 Å². The number of nitriles is 1. The Morgan fingerprint density at radius 2 is 2.06 bits per heavy atom. The third kappa shape index (κ3) is 2.22. The Bertz CT molecular complexity index is 445. The molecule has 1 heterocycles. The van der Waals surface area contributed by atoms with Crippen molar-refractivity contribution >= 4 is 0 Å². The van der Waals surface area contributed by atoms with E-state index in [2.05, 4.69) is 26.0 Å². The number of ether oxygens (including phenoxy) is 1. The molecule has 2 rings (SSSR count). The lowest BCUT2D eigenvalue weighted by molar-refractivity contribution is 0.217. The summed E-state index contributed by atoms with van der Waals surface area (Å²) in [5.41, 5.74) is 0.747. The highest BCUT2D eigenvalue weighted by molar-refractivity contribution is 5.45. The maximum absolute atomic E-state index is 9.72. The zero-order chi connectivity index (χ0) is 13.0. The highest BCUT2D eigenvalue weighted by Crippen LogP contribution is 2.43. The molecule has 0 aliphatic carbocycles. The normalized spacial score (nSPS) is 22.1. The molecule has 2 nitrogen and oxygen atoms in total. The lowest BCUT2D eigenvalue weighted by Gasteiger charge is -2.35. The Morgan fingerprint density at radius 1 is 1.33 bits per heavy atom. The number of hydrogen-bond acceptors (Lipinski definition) is 2. The molecule has 0 amide bonds. The molecule has 0 spiro atoms. The molecule has 0 bridgehead atoms. The van der Waals surface area contributed by atoms with Gasteiger partial charge in [0.2, 0.25) is 0 Å². The molecule has 1 aliphatic heterocycles. The summed E-state index contributed by atoms with van der Waals surface area (Å²) in [6.45, 7) is 5.08. The molecular formula is C16H21NO. The second kappa shape index (κ2) is 5.44. The van der Waals surface area contributed by atoms with Gasteiger partial charge < -0.3 is 4.74 Å². The fraction of sp³-hybridized carbons (Fsp3) is 0.562. The lowest BCUT2D eigenvalue weighted by atomic mass is 9.70. The summed E-state index contributed by atoms with van der Waals surface area (Å²) < 4.78 is 5.68. The summed E-state index contributed by atoms with van der Waals surface area (Å²) in [4.78, 5) is 0. The molecule has 0 N–H and O–H groups in total. The van der Waals surface area contributed by atoms with Gasteiger partial charge in [0.1, 0.15) is 5.75 Å². The van der Waals surface area contributed by atoms with E-state index < -0.39 is 0 Å². The van der Waals surface area contributed by atoms with Gasteiger partial charge in [-0.15, -0.1) is 0 Å².